The van der Waals surface area contributed by atoms with Gasteiger partial charge in [0, 0.05) is 17.9 Å². The summed E-state index contributed by atoms with van der Waals surface area (Å²) in [5.41, 5.74) is 0.273. The third-order valence-electron chi connectivity index (χ3n) is 1.31. The maximum Gasteiger partial charge on any atom is 0.493 e. The first kappa shape index (κ1) is 11.2. The lowest BCUT2D eigenvalue weighted by molar-refractivity contribution is 0.402. The molecule has 6 heteroatoms. The van der Waals surface area contributed by atoms with Gasteiger partial charge in [-0.15, -0.1) is 12.4 Å². The van der Waals surface area contributed by atoms with Gasteiger partial charge in [-0.25, -0.2) is 0 Å². The normalized spacial score (nSPS) is 8.58. The molecule has 0 radical (unpaired) electrons. The predicted molar refractivity (Wildman–Crippen MR) is 47.9 cm³/mol. The molecule has 0 aliphatic heterocycles. The molecule has 4 nitrogen and oxygen atoms in total. The van der Waals surface area contributed by atoms with E-state index in [9.17, 15) is 0 Å². The van der Waals surface area contributed by atoms with Crippen molar-refractivity contribution in [2.45, 2.75) is 0 Å². The molecule has 1 aromatic rings. The summed E-state index contributed by atoms with van der Waals surface area (Å²) in [4.78, 5) is 3.71. The summed E-state index contributed by atoms with van der Waals surface area (Å²) in [6, 6.07) is 1.56. The second kappa shape index (κ2) is 4.98. The Kier molecular flexibility index (Phi) is 4.65. The average molecular weight is 189 g/mol. The number of halogens is 1. The monoisotopic (exact) mass is 189 g/mol. The lowest BCUT2D eigenvalue weighted by Crippen LogP contribution is -2.31. The van der Waals surface area contributed by atoms with Crippen molar-refractivity contribution in [1.82, 2.24) is 4.98 Å². The van der Waals surface area contributed by atoms with E-state index in [-0.39, 0.29) is 17.9 Å². The molecule has 66 valence electrons. The number of nitrogens with zero attached hydrogens (tertiary/aromatic N) is 1. The molecule has 2 N–H and O–H groups in total. The summed E-state index contributed by atoms with van der Waals surface area (Å²) in [6.07, 6.45) is 2.87. The summed E-state index contributed by atoms with van der Waals surface area (Å²) < 4.78 is 4.85. The van der Waals surface area contributed by atoms with E-state index in [1.165, 1.54) is 19.5 Å². The number of hydrogen-bond acceptors (Lipinski definition) is 4. The largest absolute Gasteiger partial charge is 0.497 e. The van der Waals surface area contributed by atoms with Crippen LogP contribution >= 0.6 is 12.4 Å². The van der Waals surface area contributed by atoms with Crippen molar-refractivity contribution in [2.24, 2.45) is 0 Å². The van der Waals surface area contributed by atoms with Crippen LogP contribution in [0, 0.1) is 0 Å². The third kappa shape index (κ3) is 2.37. The van der Waals surface area contributed by atoms with Gasteiger partial charge in [-0.1, -0.05) is 0 Å². The van der Waals surface area contributed by atoms with Gasteiger partial charge in [0.1, 0.15) is 5.75 Å². The topological polar surface area (TPSA) is 62.6 Å². The fraction of sp³-hybridized carbons (Fsp3) is 0.167. The molecular weight excluding hydrogens is 180 g/mol. The van der Waals surface area contributed by atoms with E-state index >= 15 is 0 Å². The summed E-state index contributed by atoms with van der Waals surface area (Å²) in [5.74, 6) is 0.426. The van der Waals surface area contributed by atoms with Gasteiger partial charge in [-0.05, 0) is 6.07 Å². The summed E-state index contributed by atoms with van der Waals surface area (Å²) in [6.45, 7) is 0. The lowest BCUT2D eigenvalue weighted by Gasteiger charge is -2.04. The Hall–Kier alpha value is -0.775. The van der Waals surface area contributed by atoms with Gasteiger partial charge in [0.05, 0.1) is 7.11 Å². The van der Waals surface area contributed by atoms with Crippen LogP contribution in [-0.2, 0) is 0 Å². The van der Waals surface area contributed by atoms with Gasteiger partial charge in [0.15, 0.2) is 0 Å². The van der Waals surface area contributed by atoms with Gasteiger partial charge >= 0.3 is 7.12 Å². The molecule has 0 fully saturated rings. The maximum absolute atomic E-state index is 8.77. The predicted octanol–water partition coefficient (Wildman–Crippen LogP) is -0.808. The van der Waals surface area contributed by atoms with Crippen molar-refractivity contribution >= 4 is 25.0 Å². The van der Waals surface area contributed by atoms with Crippen molar-refractivity contribution in [3.8, 4) is 5.75 Å². The molecule has 0 amide bonds. The summed E-state index contributed by atoms with van der Waals surface area (Å²) >= 11 is 0. The molecule has 1 heterocycles. The van der Waals surface area contributed by atoms with Crippen molar-refractivity contribution in [3.63, 3.8) is 0 Å². The van der Waals surface area contributed by atoms with Crippen LogP contribution in [0.3, 0.4) is 0 Å². The molecule has 0 aliphatic rings. The minimum Gasteiger partial charge on any atom is -0.497 e. The van der Waals surface area contributed by atoms with Crippen LogP contribution in [0.1, 0.15) is 0 Å². The Morgan fingerprint density at radius 1 is 1.50 bits per heavy atom. The van der Waals surface area contributed by atoms with E-state index in [2.05, 4.69) is 4.98 Å². The van der Waals surface area contributed by atoms with Crippen LogP contribution in [0.25, 0.3) is 0 Å². The molecule has 12 heavy (non-hydrogen) atoms. The Morgan fingerprint density at radius 2 is 2.17 bits per heavy atom. The SMILES string of the molecule is COc1ccncc1B(O)O.Cl. The molecule has 0 aromatic carbocycles. The van der Waals surface area contributed by atoms with E-state index in [0.29, 0.717) is 5.75 Å². The highest BCUT2D eigenvalue weighted by Crippen LogP contribution is 2.02. The first-order valence-corrected chi connectivity index (χ1v) is 3.09. The molecule has 0 unspecified atom stereocenters. The Labute approximate surface area is 76.8 Å². The minimum atomic E-state index is -1.53. The first-order valence-electron chi connectivity index (χ1n) is 3.09. The Balaban J connectivity index is 0.00000121. The van der Waals surface area contributed by atoms with Crippen LogP contribution < -0.4 is 10.2 Å². The van der Waals surface area contributed by atoms with Crippen LogP contribution in [0.15, 0.2) is 18.5 Å². The summed E-state index contributed by atoms with van der Waals surface area (Å²) in [5, 5.41) is 17.5. The van der Waals surface area contributed by atoms with Gasteiger partial charge in [-0.2, -0.15) is 0 Å². The number of aromatic nitrogens is 1. The molecule has 1 rings (SSSR count). The van der Waals surface area contributed by atoms with Crippen LogP contribution in [0.2, 0.25) is 0 Å². The van der Waals surface area contributed by atoms with Gasteiger partial charge in [0.2, 0.25) is 0 Å². The molecule has 0 saturated heterocycles. The average Bonchev–Trinajstić information content (AvgIpc) is 2.04. The number of pyridine rings is 1. The highest BCUT2D eigenvalue weighted by molar-refractivity contribution is 6.59. The lowest BCUT2D eigenvalue weighted by atomic mass is 9.81. The second-order valence-corrected chi connectivity index (χ2v) is 1.99. The minimum absolute atomic E-state index is 0. The van der Waals surface area contributed by atoms with Crippen molar-refractivity contribution in [1.29, 1.82) is 0 Å². The van der Waals surface area contributed by atoms with E-state index in [4.69, 9.17) is 14.8 Å². The second-order valence-electron chi connectivity index (χ2n) is 1.99. The van der Waals surface area contributed by atoms with E-state index in [1.54, 1.807) is 6.07 Å². The number of rotatable bonds is 2. The van der Waals surface area contributed by atoms with E-state index in [0.717, 1.165) is 0 Å². The Morgan fingerprint density at radius 3 is 2.58 bits per heavy atom. The molecule has 0 saturated carbocycles. The molecule has 0 aliphatic carbocycles. The first-order chi connectivity index (χ1) is 5.25. The zero-order valence-corrected chi connectivity index (χ0v) is 7.28. The number of hydrogen-bond donors (Lipinski definition) is 2. The smallest absolute Gasteiger partial charge is 0.493 e. The van der Waals surface area contributed by atoms with E-state index < -0.39 is 7.12 Å². The molecule has 0 spiro atoms. The molecule has 0 atom stereocenters. The fourth-order valence-electron chi connectivity index (χ4n) is 0.774. The molecule has 0 bridgehead atoms. The van der Waals surface area contributed by atoms with Crippen LogP contribution in [0.4, 0.5) is 0 Å². The molecule has 1 aromatic heterocycles. The number of ether oxygens (including phenoxy) is 1. The fourth-order valence-corrected chi connectivity index (χ4v) is 0.774. The summed E-state index contributed by atoms with van der Waals surface area (Å²) in [7, 11) is -0.0695. The van der Waals surface area contributed by atoms with Crippen molar-refractivity contribution in [3.05, 3.63) is 18.5 Å². The van der Waals surface area contributed by atoms with Crippen molar-refractivity contribution < 1.29 is 14.8 Å². The Bertz CT molecular complexity index is 246. The zero-order valence-electron chi connectivity index (χ0n) is 6.47. The third-order valence-corrected chi connectivity index (χ3v) is 1.31. The van der Waals surface area contributed by atoms with Crippen molar-refractivity contribution in [2.75, 3.05) is 7.11 Å². The molecular formula is C6H9BClNO3. The van der Waals surface area contributed by atoms with Gasteiger partial charge in [0.25, 0.3) is 0 Å². The van der Waals surface area contributed by atoms with Gasteiger partial charge in [-0.3, -0.25) is 4.98 Å². The van der Waals surface area contributed by atoms with E-state index in [1.807, 2.05) is 0 Å². The quantitative estimate of drug-likeness (QED) is 0.598. The van der Waals surface area contributed by atoms with Crippen LogP contribution in [0.5, 0.6) is 5.75 Å². The van der Waals surface area contributed by atoms with Gasteiger partial charge < -0.3 is 14.8 Å². The highest BCUT2D eigenvalue weighted by Gasteiger charge is 2.15. The standard InChI is InChI=1S/C6H8BNO3.ClH/c1-11-6-2-3-8-4-5(6)7(9)10;/h2-4,9-10H,1H3;1H. The number of methoxy groups -OCH3 is 1. The zero-order chi connectivity index (χ0) is 8.27. The maximum atomic E-state index is 8.77. The highest BCUT2D eigenvalue weighted by atomic mass is 35.5. The van der Waals surface area contributed by atoms with Crippen LogP contribution in [-0.4, -0.2) is 29.3 Å².